The molecule has 0 radical (unpaired) electrons. The summed E-state index contributed by atoms with van der Waals surface area (Å²) in [4.78, 5) is 38.0. The Kier molecular flexibility index (Phi) is 5.96. The zero-order chi connectivity index (χ0) is 19.6. The highest BCUT2D eigenvalue weighted by atomic mass is 79.9. The van der Waals surface area contributed by atoms with Crippen molar-refractivity contribution in [2.45, 2.75) is 19.4 Å². The third-order valence-corrected chi connectivity index (χ3v) is 5.39. The minimum absolute atomic E-state index is 0.345. The molecule has 0 bridgehead atoms. The molecule has 1 heterocycles. The first-order valence-electron chi connectivity index (χ1n) is 8.26. The molecule has 6 nitrogen and oxygen atoms in total. The number of carbonyl (C=O) groups is 3. The van der Waals surface area contributed by atoms with Gasteiger partial charge >= 0.3 is 6.03 Å². The molecule has 2 aromatic carbocycles. The van der Waals surface area contributed by atoms with Crippen LogP contribution in [0.15, 0.2) is 51.4 Å². The van der Waals surface area contributed by atoms with Gasteiger partial charge in [0.05, 0.1) is 5.69 Å². The monoisotopic (exact) mass is 493 g/mol. The number of aryl methyl sites for hydroxylation is 1. The zero-order valence-corrected chi connectivity index (χ0v) is 17.6. The van der Waals surface area contributed by atoms with Crippen molar-refractivity contribution in [3.05, 3.63) is 62.5 Å². The number of benzene rings is 2. The lowest BCUT2D eigenvalue weighted by atomic mass is 10.1. The van der Waals surface area contributed by atoms with Crippen LogP contribution in [0, 0.1) is 6.92 Å². The van der Waals surface area contributed by atoms with Gasteiger partial charge in [-0.05, 0) is 62.0 Å². The maximum Gasteiger partial charge on any atom is 0.325 e. The minimum atomic E-state index is -0.662. The quantitative estimate of drug-likeness (QED) is 0.623. The number of nitrogens with zero attached hydrogens (tertiary/aromatic N) is 1. The van der Waals surface area contributed by atoms with Gasteiger partial charge in [0.15, 0.2) is 0 Å². The molecule has 1 aliphatic heterocycles. The van der Waals surface area contributed by atoms with E-state index < -0.39 is 23.9 Å². The van der Waals surface area contributed by atoms with Crippen LogP contribution in [0.25, 0.3) is 0 Å². The van der Waals surface area contributed by atoms with Gasteiger partial charge in [0, 0.05) is 15.4 Å². The molecule has 4 amide bonds. The first-order valence-corrected chi connectivity index (χ1v) is 9.85. The van der Waals surface area contributed by atoms with Gasteiger partial charge in [-0.3, -0.25) is 14.5 Å². The van der Waals surface area contributed by atoms with Crippen molar-refractivity contribution in [2.75, 3.05) is 11.9 Å². The fraction of sp³-hybridized carbons (Fsp3) is 0.211. The second-order valence-electron chi connectivity index (χ2n) is 6.27. The molecule has 0 saturated carbocycles. The molecule has 2 aromatic rings. The number of rotatable bonds is 5. The fourth-order valence-electron chi connectivity index (χ4n) is 2.86. The number of hydrogen-bond acceptors (Lipinski definition) is 3. The summed E-state index contributed by atoms with van der Waals surface area (Å²) in [6, 6.07) is 11.9. The Morgan fingerprint density at radius 1 is 1.15 bits per heavy atom. The highest BCUT2D eigenvalue weighted by molar-refractivity contribution is 9.11. The van der Waals surface area contributed by atoms with E-state index in [1.807, 2.05) is 49.4 Å². The van der Waals surface area contributed by atoms with Crippen LogP contribution in [-0.4, -0.2) is 35.3 Å². The summed E-state index contributed by atoms with van der Waals surface area (Å²) in [7, 11) is 0. The largest absolute Gasteiger partial charge is 0.325 e. The summed E-state index contributed by atoms with van der Waals surface area (Å²) in [6.07, 6.45) is 0.387. The summed E-state index contributed by atoms with van der Waals surface area (Å²) in [6.45, 7) is 1.59. The first-order chi connectivity index (χ1) is 12.8. The van der Waals surface area contributed by atoms with Crippen molar-refractivity contribution in [3.63, 3.8) is 0 Å². The van der Waals surface area contributed by atoms with Crippen LogP contribution in [0.2, 0.25) is 0 Å². The lowest BCUT2D eigenvalue weighted by Crippen LogP contribution is -2.38. The van der Waals surface area contributed by atoms with Gasteiger partial charge in [-0.15, -0.1) is 0 Å². The molecule has 27 heavy (non-hydrogen) atoms. The molecular formula is C19H17Br2N3O3. The van der Waals surface area contributed by atoms with Gasteiger partial charge in [0.25, 0.3) is 5.91 Å². The second kappa shape index (κ2) is 8.22. The maximum atomic E-state index is 12.5. The summed E-state index contributed by atoms with van der Waals surface area (Å²) >= 11 is 6.81. The van der Waals surface area contributed by atoms with E-state index in [4.69, 9.17) is 0 Å². The Balaban J connectivity index is 1.66. The van der Waals surface area contributed by atoms with Crippen LogP contribution in [0.1, 0.15) is 11.1 Å². The second-order valence-corrected chi connectivity index (χ2v) is 7.98. The molecule has 2 N–H and O–H groups in total. The summed E-state index contributed by atoms with van der Waals surface area (Å²) in [5.74, 6) is -0.856. The van der Waals surface area contributed by atoms with Gasteiger partial charge in [0.1, 0.15) is 12.6 Å². The average Bonchev–Trinajstić information content (AvgIpc) is 2.86. The molecule has 140 valence electrons. The van der Waals surface area contributed by atoms with E-state index in [0.717, 1.165) is 16.0 Å². The number of carbonyl (C=O) groups excluding carboxylic acids is 3. The fourth-order valence-corrected chi connectivity index (χ4v) is 4.47. The molecule has 1 fully saturated rings. The van der Waals surface area contributed by atoms with Crippen molar-refractivity contribution in [1.82, 2.24) is 10.2 Å². The number of imide groups is 1. The molecule has 8 heteroatoms. The van der Waals surface area contributed by atoms with E-state index >= 15 is 0 Å². The van der Waals surface area contributed by atoms with E-state index in [9.17, 15) is 14.4 Å². The first kappa shape index (κ1) is 19.6. The van der Waals surface area contributed by atoms with Gasteiger partial charge in [-0.2, -0.15) is 0 Å². The predicted octanol–water partition coefficient (Wildman–Crippen LogP) is 3.62. The molecule has 0 aromatic heterocycles. The maximum absolute atomic E-state index is 12.5. The lowest BCUT2D eigenvalue weighted by molar-refractivity contribution is -0.130. The Labute approximate surface area is 173 Å². The molecule has 1 aliphatic rings. The zero-order valence-electron chi connectivity index (χ0n) is 14.5. The van der Waals surface area contributed by atoms with Crippen LogP contribution in [0.3, 0.4) is 0 Å². The van der Waals surface area contributed by atoms with Crippen LogP contribution in [0.5, 0.6) is 0 Å². The van der Waals surface area contributed by atoms with Crippen molar-refractivity contribution >= 4 is 55.4 Å². The van der Waals surface area contributed by atoms with Gasteiger partial charge in [0.2, 0.25) is 5.91 Å². The van der Waals surface area contributed by atoms with E-state index in [-0.39, 0.29) is 6.54 Å². The summed E-state index contributed by atoms with van der Waals surface area (Å²) < 4.78 is 1.42. The van der Waals surface area contributed by atoms with Crippen molar-refractivity contribution in [1.29, 1.82) is 0 Å². The van der Waals surface area contributed by atoms with E-state index in [2.05, 4.69) is 42.5 Å². The third-order valence-electron chi connectivity index (χ3n) is 4.14. The Hall–Kier alpha value is -2.19. The van der Waals surface area contributed by atoms with E-state index in [1.165, 1.54) is 0 Å². The number of amides is 4. The number of hydrogen-bond donors (Lipinski definition) is 2. The van der Waals surface area contributed by atoms with Gasteiger partial charge in [-0.1, -0.05) is 30.3 Å². The van der Waals surface area contributed by atoms with Crippen LogP contribution < -0.4 is 10.6 Å². The Bertz CT molecular complexity index is 879. The lowest BCUT2D eigenvalue weighted by Gasteiger charge is -2.15. The SMILES string of the molecule is Cc1cc(Br)c(NC(=O)CN2C(=O)NC(Cc3ccccc3)C2=O)c(Br)c1. The van der Waals surface area contributed by atoms with Crippen LogP contribution in [0.4, 0.5) is 10.5 Å². The molecule has 0 spiro atoms. The van der Waals surface area contributed by atoms with Crippen molar-refractivity contribution < 1.29 is 14.4 Å². The number of anilines is 1. The number of halogens is 2. The third kappa shape index (κ3) is 4.56. The van der Waals surface area contributed by atoms with Crippen LogP contribution >= 0.6 is 31.9 Å². The van der Waals surface area contributed by atoms with Crippen molar-refractivity contribution in [3.8, 4) is 0 Å². The predicted molar refractivity (Wildman–Crippen MR) is 109 cm³/mol. The Morgan fingerprint density at radius 2 is 1.78 bits per heavy atom. The minimum Gasteiger partial charge on any atom is -0.325 e. The van der Waals surface area contributed by atoms with Gasteiger partial charge in [-0.25, -0.2) is 4.79 Å². The van der Waals surface area contributed by atoms with Crippen molar-refractivity contribution in [2.24, 2.45) is 0 Å². The van der Waals surface area contributed by atoms with E-state index in [1.54, 1.807) is 0 Å². The average molecular weight is 495 g/mol. The van der Waals surface area contributed by atoms with E-state index in [0.29, 0.717) is 21.1 Å². The molecule has 1 unspecified atom stereocenters. The highest BCUT2D eigenvalue weighted by Gasteiger charge is 2.38. The molecule has 1 atom stereocenters. The Morgan fingerprint density at radius 3 is 2.41 bits per heavy atom. The number of nitrogens with one attached hydrogen (secondary N) is 2. The molecule has 0 aliphatic carbocycles. The molecule has 3 rings (SSSR count). The van der Waals surface area contributed by atoms with Crippen LogP contribution in [-0.2, 0) is 16.0 Å². The topological polar surface area (TPSA) is 78.5 Å². The molecule has 1 saturated heterocycles. The molecular weight excluding hydrogens is 478 g/mol. The standard InChI is InChI=1S/C19H17Br2N3O3/c1-11-7-13(20)17(14(21)8-11)23-16(25)10-24-18(26)15(22-19(24)27)9-12-5-3-2-4-6-12/h2-8,15H,9-10H2,1H3,(H,22,27)(H,23,25). The van der Waals surface area contributed by atoms with Gasteiger partial charge < -0.3 is 10.6 Å². The number of urea groups is 1. The summed E-state index contributed by atoms with van der Waals surface area (Å²) in [5, 5.41) is 5.37. The normalized spacial score (nSPS) is 16.4. The summed E-state index contributed by atoms with van der Waals surface area (Å²) in [5.41, 5.74) is 2.51. The highest BCUT2D eigenvalue weighted by Crippen LogP contribution is 2.32. The smallest absolute Gasteiger partial charge is 0.325 e.